The summed E-state index contributed by atoms with van der Waals surface area (Å²) in [6.07, 6.45) is -0.0766. The number of nitro benzene ring substituents is 1. The molecule has 0 aliphatic rings. The molecule has 0 unspecified atom stereocenters. The van der Waals surface area contributed by atoms with E-state index in [1.54, 1.807) is 25.1 Å². The van der Waals surface area contributed by atoms with Gasteiger partial charge < -0.3 is 19.2 Å². The largest absolute Gasteiger partial charge is 0.497 e. The fourth-order valence-electron chi connectivity index (χ4n) is 3.16. The van der Waals surface area contributed by atoms with E-state index in [1.807, 2.05) is 0 Å². The second-order valence-corrected chi connectivity index (χ2v) is 6.84. The number of ether oxygens (including phenoxy) is 2. The number of para-hydroxylation sites is 2. The molecule has 1 aromatic heterocycles. The van der Waals surface area contributed by atoms with Crippen molar-refractivity contribution in [3.05, 3.63) is 74.1 Å². The SMILES string of the molecule is COc1ccc2c(C)c(CCC(=O)OCC(=O)Nc3ccccc3[N+](=O)[O-])c(=O)oc2c1. The molecular formula is C22H20N2O8. The van der Waals surface area contributed by atoms with Crippen LogP contribution in [0.1, 0.15) is 17.5 Å². The van der Waals surface area contributed by atoms with E-state index in [-0.39, 0.29) is 24.2 Å². The minimum absolute atomic E-state index is 0.000392. The maximum absolute atomic E-state index is 12.3. The Balaban J connectivity index is 1.59. The van der Waals surface area contributed by atoms with Gasteiger partial charge in [0.2, 0.25) is 0 Å². The average molecular weight is 440 g/mol. The number of fused-ring (bicyclic) bond motifs is 1. The van der Waals surface area contributed by atoms with Crippen LogP contribution in [0.15, 0.2) is 51.7 Å². The van der Waals surface area contributed by atoms with E-state index in [1.165, 1.54) is 31.4 Å². The van der Waals surface area contributed by atoms with Crippen molar-refractivity contribution >= 4 is 34.2 Å². The van der Waals surface area contributed by atoms with Crippen molar-refractivity contribution in [3.63, 3.8) is 0 Å². The van der Waals surface area contributed by atoms with Crippen LogP contribution in [0.5, 0.6) is 5.75 Å². The molecular weight excluding hydrogens is 420 g/mol. The second kappa shape index (κ2) is 9.73. The zero-order valence-corrected chi connectivity index (χ0v) is 17.4. The molecule has 10 heteroatoms. The lowest BCUT2D eigenvalue weighted by atomic mass is 10.0. The molecule has 32 heavy (non-hydrogen) atoms. The number of benzene rings is 2. The molecule has 0 fully saturated rings. The number of rotatable bonds is 8. The maximum Gasteiger partial charge on any atom is 0.339 e. The lowest BCUT2D eigenvalue weighted by Crippen LogP contribution is -2.22. The van der Waals surface area contributed by atoms with Crippen LogP contribution >= 0.6 is 0 Å². The summed E-state index contributed by atoms with van der Waals surface area (Å²) in [5.41, 5.74) is 0.558. The van der Waals surface area contributed by atoms with Gasteiger partial charge in [-0.15, -0.1) is 0 Å². The third kappa shape index (κ3) is 5.09. The van der Waals surface area contributed by atoms with Gasteiger partial charge in [0.1, 0.15) is 17.0 Å². The number of carbonyl (C=O) groups excluding carboxylic acids is 2. The number of hydrogen-bond donors (Lipinski definition) is 1. The smallest absolute Gasteiger partial charge is 0.339 e. The summed E-state index contributed by atoms with van der Waals surface area (Å²) in [6.45, 7) is 1.14. The predicted molar refractivity (Wildman–Crippen MR) is 115 cm³/mol. The first-order valence-electron chi connectivity index (χ1n) is 9.59. The molecule has 166 valence electrons. The molecule has 1 N–H and O–H groups in total. The zero-order valence-electron chi connectivity index (χ0n) is 17.4. The van der Waals surface area contributed by atoms with Gasteiger partial charge in [-0.1, -0.05) is 12.1 Å². The molecule has 0 spiro atoms. The molecule has 0 atom stereocenters. The van der Waals surface area contributed by atoms with Gasteiger partial charge in [0.25, 0.3) is 11.6 Å². The van der Waals surface area contributed by atoms with Gasteiger partial charge in [0.05, 0.1) is 12.0 Å². The van der Waals surface area contributed by atoms with Crippen LogP contribution < -0.4 is 15.7 Å². The standard InChI is InChI=1S/C22H20N2O8/c1-13-15-8-7-14(30-2)11-19(15)32-22(27)16(13)9-10-21(26)31-12-20(25)23-17-5-3-4-6-18(17)24(28)29/h3-8,11H,9-10,12H2,1-2H3,(H,23,25). The number of esters is 1. The highest BCUT2D eigenvalue weighted by atomic mass is 16.6. The Bertz CT molecular complexity index is 1250. The Morgan fingerprint density at radius 3 is 2.66 bits per heavy atom. The predicted octanol–water partition coefficient (Wildman–Crippen LogP) is 3.13. The van der Waals surface area contributed by atoms with Gasteiger partial charge in [-0.25, -0.2) is 4.79 Å². The fourth-order valence-corrected chi connectivity index (χ4v) is 3.16. The quantitative estimate of drug-likeness (QED) is 0.244. The van der Waals surface area contributed by atoms with Crippen LogP contribution in [0.3, 0.4) is 0 Å². The third-order valence-corrected chi connectivity index (χ3v) is 4.81. The molecule has 3 rings (SSSR count). The Labute approximate surface area is 181 Å². The summed E-state index contributed by atoms with van der Waals surface area (Å²) < 4.78 is 15.4. The van der Waals surface area contributed by atoms with Crippen LogP contribution in [0.2, 0.25) is 0 Å². The summed E-state index contributed by atoms with van der Waals surface area (Å²) in [4.78, 5) is 46.7. The summed E-state index contributed by atoms with van der Waals surface area (Å²) in [6, 6.07) is 10.7. The Morgan fingerprint density at radius 1 is 1.19 bits per heavy atom. The van der Waals surface area contributed by atoms with E-state index in [2.05, 4.69) is 5.32 Å². The number of nitrogens with zero attached hydrogens (tertiary/aromatic N) is 1. The first-order valence-corrected chi connectivity index (χ1v) is 9.59. The van der Waals surface area contributed by atoms with E-state index in [4.69, 9.17) is 13.9 Å². The zero-order chi connectivity index (χ0) is 23.3. The molecule has 0 radical (unpaired) electrons. The number of hydrogen-bond acceptors (Lipinski definition) is 8. The molecule has 10 nitrogen and oxygen atoms in total. The Hall–Kier alpha value is -4.21. The van der Waals surface area contributed by atoms with Crippen LogP contribution in [-0.2, 0) is 20.7 Å². The number of carbonyl (C=O) groups is 2. The molecule has 1 amide bonds. The molecule has 0 saturated heterocycles. The maximum atomic E-state index is 12.3. The number of aryl methyl sites for hydroxylation is 1. The van der Waals surface area contributed by atoms with E-state index < -0.39 is 29.0 Å². The first-order chi connectivity index (χ1) is 15.3. The number of methoxy groups -OCH3 is 1. The summed E-state index contributed by atoms with van der Waals surface area (Å²) in [5.74, 6) is -0.866. The van der Waals surface area contributed by atoms with Crippen LogP contribution in [0, 0.1) is 17.0 Å². The van der Waals surface area contributed by atoms with E-state index in [9.17, 15) is 24.5 Å². The summed E-state index contributed by atoms with van der Waals surface area (Å²) >= 11 is 0. The minimum atomic E-state index is -0.719. The van der Waals surface area contributed by atoms with Crippen LogP contribution in [0.25, 0.3) is 11.0 Å². The Kier molecular flexibility index (Phi) is 6.83. The third-order valence-electron chi connectivity index (χ3n) is 4.81. The van der Waals surface area contributed by atoms with Gasteiger partial charge in [-0.2, -0.15) is 0 Å². The highest BCUT2D eigenvalue weighted by molar-refractivity contribution is 5.94. The van der Waals surface area contributed by atoms with Crippen molar-refractivity contribution in [2.75, 3.05) is 19.0 Å². The van der Waals surface area contributed by atoms with Gasteiger partial charge in [0, 0.05) is 29.5 Å². The number of nitro groups is 1. The van der Waals surface area contributed by atoms with E-state index >= 15 is 0 Å². The molecule has 1 heterocycles. The van der Waals surface area contributed by atoms with Crippen molar-refractivity contribution in [2.24, 2.45) is 0 Å². The lowest BCUT2D eigenvalue weighted by molar-refractivity contribution is -0.383. The van der Waals surface area contributed by atoms with E-state index in [0.29, 0.717) is 22.5 Å². The normalized spacial score (nSPS) is 10.6. The Morgan fingerprint density at radius 2 is 1.94 bits per heavy atom. The van der Waals surface area contributed by atoms with Crippen molar-refractivity contribution in [1.29, 1.82) is 0 Å². The van der Waals surface area contributed by atoms with Gasteiger partial charge in [-0.3, -0.25) is 19.7 Å². The first kappa shape index (κ1) is 22.5. The van der Waals surface area contributed by atoms with E-state index in [0.717, 1.165) is 5.39 Å². The van der Waals surface area contributed by atoms with Crippen LogP contribution in [-0.4, -0.2) is 30.5 Å². The lowest BCUT2D eigenvalue weighted by Gasteiger charge is -2.09. The highest BCUT2D eigenvalue weighted by Crippen LogP contribution is 2.25. The van der Waals surface area contributed by atoms with Crippen LogP contribution in [0.4, 0.5) is 11.4 Å². The molecule has 0 aliphatic carbocycles. The number of nitrogens with one attached hydrogen (secondary N) is 1. The highest BCUT2D eigenvalue weighted by Gasteiger charge is 2.17. The minimum Gasteiger partial charge on any atom is -0.497 e. The van der Waals surface area contributed by atoms with Gasteiger partial charge in [-0.05, 0) is 37.1 Å². The van der Waals surface area contributed by atoms with Crippen molar-refractivity contribution in [1.82, 2.24) is 0 Å². The topological polar surface area (TPSA) is 138 Å². The second-order valence-electron chi connectivity index (χ2n) is 6.84. The molecule has 2 aromatic carbocycles. The van der Waals surface area contributed by atoms with Gasteiger partial charge in [0.15, 0.2) is 6.61 Å². The van der Waals surface area contributed by atoms with Crippen molar-refractivity contribution < 1.29 is 28.4 Å². The molecule has 0 aliphatic heterocycles. The van der Waals surface area contributed by atoms with Crippen molar-refractivity contribution in [2.45, 2.75) is 19.8 Å². The number of amides is 1. The molecule has 0 bridgehead atoms. The number of anilines is 1. The van der Waals surface area contributed by atoms with Crippen molar-refractivity contribution in [3.8, 4) is 5.75 Å². The summed E-state index contributed by atoms with van der Waals surface area (Å²) in [5, 5.41) is 14.0. The van der Waals surface area contributed by atoms with Gasteiger partial charge >= 0.3 is 11.6 Å². The molecule has 3 aromatic rings. The monoisotopic (exact) mass is 440 g/mol. The fraction of sp³-hybridized carbons (Fsp3) is 0.227. The average Bonchev–Trinajstić information content (AvgIpc) is 2.77. The summed E-state index contributed by atoms with van der Waals surface area (Å²) in [7, 11) is 1.51. The molecule has 0 saturated carbocycles.